The molecular formula is C34H26O3S. The number of para-hydroxylation sites is 1. The number of hydrogen-bond donors (Lipinski definition) is 0. The molecule has 0 unspecified atom stereocenters. The second-order valence-corrected chi connectivity index (χ2v) is 9.96. The SMILES string of the molecule is c1ccc(COc2ccc(-c3sc4cc(OCc5ccccc5)ccc4c3Oc3ccccc3)cc2)cc1. The minimum atomic E-state index is 0.530. The average Bonchev–Trinajstić information content (AvgIpc) is 3.34. The van der Waals surface area contributed by atoms with Crippen LogP contribution in [0.5, 0.6) is 23.0 Å². The van der Waals surface area contributed by atoms with E-state index in [0.717, 1.165) is 54.7 Å². The Kier molecular flexibility index (Phi) is 7.05. The lowest BCUT2D eigenvalue weighted by atomic mass is 10.1. The summed E-state index contributed by atoms with van der Waals surface area (Å²) in [5, 5.41) is 1.06. The van der Waals surface area contributed by atoms with Gasteiger partial charge in [0.1, 0.15) is 30.5 Å². The van der Waals surface area contributed by atoms with Gasteiger partial charge in [0.15, 0.2) is 5.75 Å². The van der Waals surface area contributed by atoms with Crippen molar-refractivity contribution in [2.45, 2.75) is 13.2 Å². The molecule has 0 aliphatic rings. The van der Waals surface area contributed by atoms with Crippen LogP contribution in [0.4, 0.5) is 0 Å². The largest absolute Gasteiger partial charge is 0.489 e. The smallest absolute Gasteiger partial charge is 0.153 e. The van der Waals surface area contributed by atoms with E-state index in [2.05, 4.69) is 48.5 Å². The summed E-state index contributed by atoms with van der Waals surface area (Å²) in [6.45, 7) is 1.07. The second kappa shape index (κ2) is 11.2. The van der Waals surface area contributed by atoms with Gasteiger partial charge in [0, 0.05) is 10.1 Å². The van der Waals surface area contributed by atoms with Crippen molar-refractivity contribution >= 4 is 21.4 Å². The lowest BCUT2D eigenvalue weighted by molar-refractivity contribution is 0.306. The van der Waals surface area contributed by atoms with Crippen LogP contribution in [-0.4, -0.2) is 0 Å². The molecule has 0 bridgehead atoms. The van der Waals surface area contributed by atoms with Crippen LogP contribution in [0.1, 0.15) is 11.1 Å². The molecule has 0 fully saturated rings. The van der Waals surface area contributed by atoms with Gasteiger partial charge >= 0.3 is 0 Å². The average molecular weight is 515 g/mol. The first-order valence-electron chi connectivity index (χ1n) is 12.6. The van der Waals surface area contributed by atoms with E-state index in [0.29, 0.717) is 13.2 Å². The highest BCUT2D eigenvalue weighted by Crippen LogP contribution is 2.47. The van der Waals surface area contributed by atoms with Crippen molar-refractivity contribution in [3.8, 4) is 33.4 Å². The van der Waals surface area contributed by atoms with Crippen LogP contribution in [0.3, 0.4) is 0 Å². The molecule has 0 aliphatic carbocycles. The summed E-state index contributed by atoms with van der Waals surface area (Å²) in [4.78, 5) is 1.07. The van der Waals surface area contributed by atoms with Crippen molar-refractivity contribution in [2.75, 3.05) is 0 Å². The molecule has 0 N–H and O–H groups in total. The van der Waals surface area contributed by atoms with E-state index < -0.39 is 0 Å². The van der Waals surface area contributed by atoms with E-state index in [4.69, 9.17) is 14.2 Å². The van der Waals surface area contributed by atoms with Crippen LogP contribution >= 0.6 is 11.3 Å². The van der Waals surface area contributed by atoms with Gasteiger partial charge in [0.25, 0.3) is 0 Å². The van der Waals surface area contributed by atoms with Crippen LogP contribution in [0.25, 0.3) is 20.5 Å². The van der Waals surface area contributed by atoms with Gasteiger partial charge in [0.05, 0.1) is 4.88 Å². The van der Waals surface area contributed by atoms with Crippen molar-refractivity contribution in [1.29, 1.82) is 0 Å². The summed E-state index contributed by atoms with van der Waals surface area (Å²) < 4.78 is 19.7. The first-order chi connectivity index (χ1) is 18.8. The fourth-order valence-electron chi connectivity index (χ4n) is 4.23. The summed E-state index contributed by atoms with van der Waals surface area (Å²) in [5.74, 6) is 3.33. The zero-order chi connectivity index (χ0) is 25.6. The molecule has 4 heteroatoms. The van der Waals surface area contributed by atoms with Crippen molar-refractivity contribution < 1.29 is 14.2 Å². The third kappa shape index (κ3) is 5.56. The van der Waals surface area contributed by atoms with Gasteiger partial charge in [-0.3, -0.25) is 0 Å². The fraction of sp³-hybridized carbons (Fsp3) is 0.0588. The fourth-order valence-corrected chi connectivity index (χ4v) is 5.39. The zero-order valence-corrected chi connectivity index (χ0v) is 21.6. The number of benzene rings is 5. The summed E-state index contributed by atoms with van der Waals surface area (Å²) >= 11 is 1.70. The number of hydrogen-bond acceptors (Lipinski definition) is 4. The molecule has 0 aliphatic heterocycles. The molecule has 1 aromatic heterocycles. The molecule has 6 aromatic rings. The van der Waals surface area contributed by atoms with Crippen LogP contribution in [0, 0.1) is 0 Å². The third-order valence-electron chi connectivity index (χ3n) is 6.19. The molecular weight excluding hydrogens is 488 g/mol. The summed E-state index contributed by atoms with van der Waals surface area (Å²) in [6, 6.07) is 44.7. The lowest BCUT2D eigenvalue weighted by Crippen LogP contribution is -1.94. The van der Waals surface area contributed by atoms with Gasteiger partial charge in [-0.1, -0.05) is 78.9 Å². The van der Waals surface area contributed by atoms with E-state index in [1.165, 1.54) is 0 Å². The van der Waals surface area contributed by atoms with E-state index in [-0.39, 0.29) is 0 Å². The molecule has 1 heterocycles. The summed E-state index contributed by atoms with van der Waals surface area (Å²) in [7, 11) is 0. The van der Waals surface area contributed by atoms with E-state index >= 15 is 0 Å². The number of rotatable bonds is 9. The molecule has 0 saturated carbocycles. The highest BCUT2D eigenvalue weighted by molar-refractivity contribution is 7.22. The maximum Gasteiger partial charge on any atom is 0.153 e. The monoisotopic (exact) mass is 514 g/mol. The highest BCUT2D eigenvalue weighted by atomic mass is 32.1. The predicted molar refractivity (Wildman–Crippen MR) is 155 cm³/mol. The van der Waals surface area contributed by atoms with Crippen molar-refractivity contribution in [1.82, 2.24) is 0 Å². The Bertz CT molecular complexity index is 1610. The van der Waals surface area contributed by atoms with Gasteiger partial charge in [-0.15, -0.1) is 11.3 Å². The van der Waals surface area contributed by atoms with Gasteiger partial charge in [-0.25, -0.2) is 0 Å². The predicted octanol–water partition coefficient (Wildman–Crippen LogP) is 9.52. The number of ether oxygens (including phenoxy) is 3. The van der Waals surface area contributed by atoms with Gasteiger partial charge in [-0.05, 0) is 71.3 Å². The molecule has 0 amide bonds. The minimum Gasteiger partial charge on any atom is -0.489 e. The minimum absolute atomic E-state index is 0.530. The van der Waals surface area contributed by atoms with Crippen LogP contribution < -0.4 is 14.2 Å². The first-order valence-corrected chi connectivity index (χ1v) is 13.4. The molecule has 0 saturated heterocycles. The lowest BCUT2D eigenvalue weighted by Gasteiger charge is -2.10. The maximum atomic E-state index is 6.46. The van der Waals surface area contributed by atoms with Gasteiger partial charge in [0.2, 0.25) is 0 Å². The van der Waals surface area contributed by atoms with E-state index in [1.807, 2.05) is 84.9 Å². The first kappa shape index (κ1) is 23.8. The highest BCUT2D eigenvalue weighted by Gasteiger charge is 2.17. The number of thiophene rings is 1. The van der Waals surface area contributed by atoms with Gasteiger partial charge < -0.3 is 14.2 Å². The zero-order valence-electron chi connectivity index (χ0n) is 20.7. The van der Waals surface area contributed by atoms with E-state index in [1.54, 1.807) is 11.3 Å². The Hall–Kier alpha value is -4.54. The molecule has 3 nitrogen and oxygen atoms in total. The summed E-state index contributed by atoms with van der Waals surface area (Å²) in [6.07, 6.45) is 0. The maximum absolute atomic E-state index is 6.46. The molecule has 0 atom stereocenters. The van der Waals surface area contributed by atoms with Gasteiger partial charge in [-0.2, -0.15) is 0 Å². The third-order valence-corrected chi connectivity index (χ3v) is 7.38. The molecule has 38 heavy (non-hydrogen) atoms. The molecule has 6 rings (SSSR count). The summed E-state index contributed by atoms with van der Waals surface area (Å²) in [5.41, 5.74) is 3.36. The van der Waals surface area contributed by atoms with Crippen molar-refractivity contribution in [3.63, 3.8) is 0 Å². The Morgan fingerprint density at radius 3 is 1.68 bits per heavy atom. The molecule has 186 valence electrons. The second-order valence-electron chi connectivity index (χ2n) is 8.91. The normalized spacial score (nSPS) is 10.8. The number of fused-ring (bicyclic) bond motifs is 1. The molecule has 5 aromatic carbocycles. The van der Waals surface area contributed by atoms with E-state index in [9.17, 15) is 0 Å². The Labute approximate surface area is 226 Å². The topological polar surface area (TPSA) is 27.7 Å². The Balaban J connectivity index is 1.29. The quantitative estimate of drug-likeness (QED) is 0.192. The molecule has 0 radical (unpaired) electrons. The molecule has 0 spiro atoms. The van der Waals surface area contributed by atoms with Crippen LogP contribution in [-0.2, 0) is 13.2 Å². The Morgan fingerprint density at radius 1 is 0.500 bits per heavy atom. The van der Waals surface area contributed by atoms with Crippen LogP contribution in [0.15, 0.2) is 133 Å². The van der Waals surface area contributed by atoms with Crippen molar-refractivity contribution in [3.05, 3.63) is 145 Å². The van der Waals surface area contributed by atoms with Crippen LogP contribution in [0.2, 0.25) is 0 Å². The standard InChI is InChI=1S/C34H26O3S/c1-4-10-25(11-5-1)23-35-28-18-16-27(17-19-28)34-33(37-29-14-8-3-9-15-29)31-21-20-30(22-32(31)38-34)36-24-26-12-6-2-7-13-26/h1-22H,23-24H2. The Morgan fingerprint density at radius 2 is 1.05 bits per heavy atom. The van der Waals surface area contributed by atoms with Crippen molar-refractivity contribution in [2.24, 2.45) is 0 Å².